The molecular formula is C16H27ClN2O2. The van der Waals surface area contributed by atoms with E-state index in [0.29, 0.717) is 30.3 Å². The molecule has 1 aromatic heterocycles. The third kappa shape index (κ3) is 6.51. The van der Waals surface area contributed by atoms with Crippen LogP contribution in [0.15, 0.2) is 0 Å². The summed E-state index contributed by atoms with van der Waals surface area (Å²) in [7, 11) is 0. The van der Waals surface area contributed by atoms with E-state index < -0.39 is 0 Å². The highest BCUT2D eigenvalue weighted by atomic mass is 35.5. The van der Waals surface area contributed by atoms with E-state index in [2.05, 4.69) is 30.7 Å². The zero-order valence-corrected chi connectivity index (χ0v) is 14.2. The minimum absolute atomic E-state index is 0.320. The van der Waals surface area contributed by atoms with Crippen LogP contribution in [-0.4, -0.2) is 23.2 Å². The average Bonchev–Trinajstić information content (AvgIpc) is 2.47. The number of ether oxygens (including phenoxy) is 2. The van der Waals surface area contributed by atoms with Crippen LogP contribution < -0.4 is 9.47 Å². The molecule has 0 N–H and O–H groups in total. The molecule has 5 heteroatoms. The molecule has 0 saturated carbocycles. The molecule has 0 aromatic carbocycles. The topological polar surface area (TPSA) is 44.2 Å². The van der Waals surface area contributed by atoms with Gasteiger partial charge in [0.05, 0.1) is 18.8 Å². The van der Waals surface area contributed by atoms with Gasteiger partial charge in [-0.05, 0) is 25.7 Å². The third-order valence-corrected chi connectivity index (χ3v) is 3.46. The molecule has 0 radical (unpaired) electrons. The van der Waals surface area contributed by atoms with E-state index in [1.54, 1.807) is 0 Å². The quantitative estimate of drug-likeness (QED) is 0.433. The maximum atomic E-state index is 6.28. The molecule has 0 unspecified atom stereocenters. The van der Waals surface area contributed by atoms with Gasteiger partial charge in [0.15, 0.2) is 0 Å². The van der Waals surface area contributed by atoms with Crippen LogP contribution in [0.2, 0.25) is 5.15 Å². The van der Waals surface area contributed by atoms with Gasteiger partial charge >= 0.3 is 6.01 Å². The largest absolute Gasteiger partial charge is 0.477 e. The number of nitrogens with zero attached hydrogens (tertiary/aromatic N) is 2. The molecule has 0 aliphatic rings. The minimum Gasteiger partial charge on any atom is -0.477 e. The average molecular weight is 315 g/mol. The van der Waals surface area contributed by atoms with Crippen LogP contribution in [0.3, 0.4) is 0 Å². The second-order valence-electron chi connectivity index (χ2n) is 5.09. The lowest BCUT2D eigenvalue weighted by molar-refractivity contribution is 0.262. The smallest absolute Gasteiger partial charge is 0.321 e. The fraction of sp³-hybridized carbons (Fsp3) is 0.750. The van der Waals surface area contributed by atoms with Crippen LogP contribution in [0.1, 0.15) is 64.9 Å². The van der Waals surface area contributed by atoms with Gasteiger partial charge < -0.3 is 9.47 Å². The van der Waals surface area contributed by atoms with Crippen LogP contribution in [0.4, 0.5) is 0 Å². The Morgan fingerprint density at radius 1 is 0.857 bits per heavy atom. The number of aromatic nitrogens is 2. The van der Waals surface area contributed by atoms with Crippen molar-refractivity contribution < 1.29 is 9.47 Å². The van der Waals surface area contributed by atoms with Crippen molar-refractivity contribution in [3.63, 3.8) is 0 Å². The maximum absolute atomic E-state index is 6.28. The number of halogens is 1. The van der Waals surface area contributed by atoms with Crippen molar-refractivity contribution in [1.82, 2.24) is 9.97 Å². The summed E-state index contributed by atoms with van der Waals surface area (Å²) in [6.07, 6.45) is 7.12. The SMILES string of the molecule is CCCCOc1nc(Cl)c(CCCC)c(OCCCC)n1. The standard InChI is InChI=1S/C16H27ClN2O2/c1-4-7-10-13-14(17)18-16(21-12-9-6-3)19-15(13)20-11-8-5-2/h4-12H2,1-3H3. The van der Waals surface area contributed by atoms with E-state index in [4.69, 9.17) is 21.1 Å². The number of hydrogen-bond acceptors (Lipinski definition) is 4. The van der Waals surface area contributed by atoms with Gasteiger partial charge in [-0.15, -0.1) is 0 Å². The van der Waals surface area contributed by atoms with Crippen molar-refractivity contribution in [2.45, 2.75) is 65.7 Å². The Morgan fingerprint density at radius 3 is 2.10 bits per heavy atom. The summed E-state index contributed by atoms with van der Waals surface area (Å²) in [6, 6.07) is 0.320. The lowest BCUT2D eigenvalue weighted by atomic mass is 10.1. The van der Waals surface area contributed by atoms with Crippen molar-refractivity contribution in [1.29, 1.82) is 0 Å². The molecule has 0 fully saturated rings. The molecule has 1 heterocycles. The molecule has 21 heavy (non-hydrogen) atoms. The molecule has 0 aliphatic heterocycles. The molecule has 4 nitrogen and oxygen atoms in total. The molecule has 0 bridgehead atoms. The van der Waals surface area contributed by atoms with E-state index in [1.807, 2.05) is 0 Å². The summed E-state index contributed by atoms with van der Waals surface area (Å²) in [6.45, 7) is 7.65. The van der Waals surface area contributed by atoms with Gasteiger partial charge in [0.25, 0.3) is 0 Å². The monoisotopic (exact) mass is 314 g/mol. The maximum Gasteiger partial charge on any atom is 0.321 e. The zero-order valence-electron chi connectivity index (χ0n) is 13.5. The van der Waals surface area contributed by atoms with Crippen LogP contribution in [-0.2, 0) is 6.42 Å². The van der Waals surface area contributed by atoms with E-state index in [-0.39, 0.29) is 0 Å². The van der Waals surface area contributed by atoms with Gasteiger partial charge in [-0.25, -0.2) is 0 Å². The zero-order chi connectivity index (χ0) is 15.5. The normalized spacial score (nSPS) is 10.7. The molecule has 0 atom stereocenters. The van der Waals surface area contributed by atoms with Crippen molar-refractivity contribution >= 4 is 11.6 Å². The van der Waals surface area contributed by atoms with Gasteiger partial charge in [0.1, 0.15) is 5.15 Å². The molecule has 0 aliphatic carbocycles. The first-order valence-corrected chi connectivity index (χ1v) is 8.42. The predicted octanol–water partition coefficient (Wildman–Crippen LogP) is 4.83. The predicted molar refractivity (Wildman–Crippen MR) is 86.5 cm³/mol. The van der Waals surface area contributed by atoms with E-state index >= 15 is 0 Å². The van der Waals surface area contributed by atoms with Crippen molar-refractivity contribution in [2.75, 3.05) is 13.2 Å². The number of hydrogen-bond donors (Lipinski definition) is 0. The Bertz CT molecular complexity index is 414. The Kier molecular flexibility index (Phi) is 9.15. The minimum atomic E-state index is 0.320. The van der Waals surface area contributed by atoms with Gasteiger partial charge in [0, 0.05) is 0 Å². The summed E-state index contributed by atoms with van der Waals surface area (Å²) in [5.41, 5.74) is 0.900. The Hall–Kier alpha value is -1.03. The highest BCUT2D eigenvalue weighted by Gasteiger charge is 2.15. The second-order valence-corrected chi connectivity index (χ2v) is 5.45. The summed E-state index contributed by atoms with van der Waals surface area (Å²) < 4.78 is 11.3. The highest BCUT2D eigenvalue weighted by Crippen LogP contribution is 2.27. The Labute approximate surface area is 133 Å². The summed E-state index contributed by atoms with van der Waals surface area (Å²) in [5, 5.41) is 0.455. The summed E-state index contributed by atoms with van der Waals surface area (Å²) in [5.74, 6) is 0.586. The summed E-state index contributed by atoms with van der Waals surface area (Å²) in [4.78, 5) is 8.63. The first kappa shape index (κ1) is 18.0. The third-order valence-electron chi connectivity index (χ3n) is 3.14. The number of rotatable bonds is 11. The van der Waals surface area contributed by atoms with E-state index in [0.717, 1.165) is 50.5 Å². The Morgan fingerprint density at radius 2 is 1.48 bits per heavy atom. The van der Waals surface area contributed by atoms with Crippen molar-refractivity contribution in [3.05, 3.63) is 10.7 Å². The van der Waals surface area contributed by atoms with Crippen molar-refractivity contribution in [2.24, 2.45) is 0 Å². The lowest BCUT2D eigenvalue weighted by Crippen LogP contribution is -2.08. The Balaban J connectivity index is 2.83. The van der Waals surface area contributed by atoms with Gasteiger partial charge in [0.2, 0.25) is 5.88 Å². The second kappa shape index (κ2) is 10.7. The molecular weight excluding hydrogens is 288 g/mol. The fourth-order valence-electron chi connectivity index (χ4n) is 1.79. The van der Waals surface area contributed by atoms with Gasteiger partial charge in [-0.3, -0.25) is 0 Å². The number of unbranched alkanes of at least 4 members (excludes halogenated alkanes) is 3. The van der Waals surface area contributed by atoms with Crippen LogP contribution in [0, 0.1) is 0 Å². The van der Waals surface area contributed by atoms with Gasteiger partial charge in [-0.1, -0.05) is 51.6 Å². The van der Waals surface area contributed by atoms with Crippen LogP contribution >= 0.6 is 11.6 Å². The lowest BCUT2D eigenvalue weighted by Gasteiger charge is -2.13. The fourth-order valence-corrected chi connectivity index (χ4v) is 2.04. The molecule has 0 saturated heterocycles. The first-order chi connectivity index (χ1) is 10.2. The first-order valence-electron chi connectivity index (χ1n) is 8.04. The van der Waals surface area contributed by atoms with E-state index in [1.165, 1.54) is 0 Å². The molecule has 120 valence electrons. The summed E-state index contributed by atoms with van der Waals surface area (Å²) >= 11 is 6.28. The van der Waals surface area contributed by atoms with Crippen molar-refractivity contribution in [3.8, 4) is 11.9 Å². The van der Waals surface area contributed by atoms with E-state index in [9.17, 15) is 0 Å². The molecule has 0 amide bonds. The van der Waals surface area contributed by atoms with Gasteiger partial charge in [-0.2, -0.15) is 9.97 Å². The van der Waals surface area contributed by atoms with Crippen LogP contribution in [0.25, 0.3) is 0 Å². The van der Waals surface area contributed by atoms with Crippen LogP contribution in [0.5, 0.6) is 11.9 Å². The molecule has 1 rings (SSSR count). The molecule has 0 spiro atoms. The molecule has 1 aromatic rings. The highest BCUT2D eigenvalue weighted by molar-refractivity contribution is 6.30.